The van der Waals surface area contributed by atoms with Crippen LogP contribution in [0.5, 0.6) is 0 Å². The molecule has 0 bridgehead atoms. The van der Waals surface area contributed by atoms with Crippen LogP contribution in [0.15, 0.2) is 54.6 Å². The van der Waals surface area contributed by atoms with Crippen molar-refractivity contribution in [2.75, 3.05) is 24.3 Å². The minimum atomic E-state index is -0.310. The van der Waals surface area contributed by atoms with Crippen LogP contribution in [0.1, 0.15) is 55.1 Å². The van der Waals surface area contributed by atoms with E-state index in [1.807, 2.05) is 6.92 Å². The number of aryl methyl sites for hydroxylation is 1. The number of rotatable bonds is 9. The second-order valence-electron chi connectivity index (χ2n) is 8.84. The summed E-state index contributed by atoms with van der Waals surface area (Å²) in [6, 6.07) is 19.2. The lowest BCUT2D eigenvalue weighted by Crippen LogP contribution is -2.10. The molecule has 0 spiro atoms. The molecule has 3 aromatic rings. The molecular weight excluding hydrogens is 408 g/mol. The van der Waals surface area contributed by atoms with Crippen LogP contribution in [0.3, 0.4) is 0 Å². The molecule has 4 heteroatoms. The highest BCUT2D eigenvalue weighted by atomic mass is 16.5. The third kappa shape index (κ3) is 5.75. The topological polar surface area (TPSA) is 50.4 Å². The maximum absolute atomic E-state index is 12.9. The average Bonchev–Trinajstić information content (AvgIpc) is 2.80. The number of anilines is 2. The predicted octanol–water partition coefficient (Wildman–Crippen LogP) is 7.46. The van der Waals surface area contributed by atoms with Crippen LogP contribution in [-0.4, -0.2) is 25.7 Å². The van der Waals surface area contributed by atoms with E-state index >= 15 is 0 Å². The zero-order chi connectivity index (χ0) is 24.0. The molecule has 0 aliphatic heterocycles. The van der Waals surface area contributed by atoms with Crippen molar-refractivity contribution in [2.24, 2.45) is 0 Å². The van der Waals surface area contributed by atoms with E-state index in [4.69, 9.17) is 4.74 Å². The summed E-state index contributed by atoms with van der Waals surface area (Å²) in [6.07, 6.45) is 2.30. The Labute approximate surface area is 198 Å². The number of hydrogen-bond acceptors (Lipinski definition) is 4. The smallest absolute Gasteiger partial charge is 0.338 e. The lowest BCUT2D eigenvalue weighted by atomic mass is 9.86. The van der Waals surface area contributed by atoms with Gasteiger partial charge in [0.25, 0.3) is 0 Å². The first kappa shape index (κ1) is 24.4. The molecule has 3 aromatic carbocycles. The van der Waals surface area contributed by atoms with E-state index in [0.717, 1.165) is 64.1 Å². The molecule has 0 heterocycles. The highest BCUT2D eigenvalue weighted by Crippen LogP contribution is 2.37. The number of nitrogens with one attached hydrogen (secondary N) is 2. The molecule has 0 unspecified atom stereocenters. The van der Waals surface area contributed by atoms with Crippen LogP contribution in [0.2, 0.25) is 0 Å². The highest BCUT2D eigenvalue weighted by Gasteiger charge is 2.22. The molecule has 4 nitrogen and oxygen atoms in total. The summed E-state index contributed by atoms with van der Waals surface area (Å²) >= 11 is 0. The van der Waals surface area contributed by atoms with E-state index < -0.39 is 0 Å². The Morgan fingerprint density at radius 3 is 2.12 bits per heavy atom. The second kappa shape index (κ2) is 11.0. The number of ether oxygens (including phenoxy) is 1. The summed E-state index contributed by atoms with van der Waals surface area (Å²) < 4.78 is 5.22. The van der Waals surface area contributed by atoms with Crippen LogP contribution >= 0.6 is 0 Å². The summed E-state index contributed by atoms with van der Waals surface area (Å²) in [7, 11) is 1.45. The standard InChI is InChI=1S/C29H36N2O2/c1-7-8-17-30-24-13-11-23(12-14-24)27-20(4)18-26(21(5)28(27)29(32)33-6)22-9-15-25(16-10-22)31-19(2)3/h9-16,18-19,30-31H,7-8,17H2,1-6H3. The van der Waals surface area contributed by atoms with Crippen molar-refractivity contribution in [1.82, 2.24) is 0 Å². The molecule has 2 N–H and O–H groups in total. The molecule has 0 aromatic heterocycles. The van der Waals surface area contributed by atoms with Crippen LogP contribution in [0.4, 0.5) is 11.4 Å². The lowest BCUT2D eigenvalue weighted by Gasteiger charge is -2.19. The minimum Gasteiger partial charge on any atom is -0.465 e. The summed E-state index contributed by atoms with van der Waals surface area (Å²) in [5.41, 5.74) is 8.85. The van der Waals surface area contributed by atoms with Crippen LogP contribution < -0.4 is 10.6 Å². The first-order valence-electron chi connectivity index (χ1n) is 11.8. The Kier molecular flexibility index (Phi) is 8.16. The molecular formula is C29H36N2O2. The molecule has 0 aliphatic carbocycles. The van der Waals surface area contributed by atoms with Gasteiger partial charge in [-0.2, -0.15) is 0 Å². The Morgan fingerprint density at radius 1 is 0.939 bits per heavy atom. The molecule has 0 aliphatic rings. The molecule has 33 heavy (non-hydrogen) atoms. The molecule has 0 atom stereocenters. The third-order valence-corrected chi connectivity index (χ3v) is 5.86. The molecule has 0 radical (unpaired) electrons. The van der Waals surface area contributed by atoms with Gasteiger partial charge in [0.05, 0.1) is 12.7 Å². The Bertz CT molecular complexity index is 1080. The number of hydrogen-bond donors (Lipinski definition) is 2. The Balaban J connectivity index is 2.04. The maximum atomic E-state index is 12.9. The van der Waals surface area contributed by atoms with Gasteiger partial charge in [-0.25, -0.2) is 4.79 Å². The van der Waals surface area contributed by atoms with Crippen molar-refractivity contribution in [1.29, 1.82) is 0 Å². The molecule has 0 amide bonds. The number of carbonyl (C=O) groups excluding carboxylic acids is 1. The predicted molar refractivity (Wildman–Crippen MR) is 140 cm³/mol. The third-order valence-electron chi connectivity index (χ3n) is 5.86. The van der Waals surface area contributed by atoms with Gasteiger partial charge in [0.1, 0.15) is 0 Å². The van der Waals surface area contributed by atoms with E-state index in [0.29, 0.717) is 11.6 Å². The van der Waals surface area contributed by atoms with E-state index in [2.05, 4.69) is 92.9 Å². The largest absolute Gasteiger partial charge is 0.465 e. The fourth-order valence-electron chi connectivity index (χ4n) is 4.19. The zero-order valence-electron chi connectivity index (χ0n) is 20.7. The molecule has 0 fully saturated rings. The van der Waals surface area contributed by atoms with Gasteiger partial charge in [0, 0.05) is 24.0 Å². The Hall–Kier alpha value is -3.27. The van der Waals surface area contributed by atoms with E-state index in [9.17, 15) is 4.79 Å². The van der Waals surface area contributed by atoms with Crippen molar-refractivity contribution in [3.05, 3.63) is 71.3 Å². The maximum Gasteiger partial charge on any atom is 0.338 e. The molecule has 3 rings (SSSR count). The number of esters is 1. The van der Waals surface area contributed by atoms with E-state index in [1.54, 1.807) is 0 Å². The second-order valence-corrected chi connectivity index (χ2v) is 8.84. The SMILES string of the molecule is CCCCNc1ccc(-c2c(C)cc(-c3ccc(NC(C)C)cc3)c(C)c2C(=O)OC)cc1. The van der Waals surface area contributed by atoms with Gasteiger partial charge in [-0.05, 0) is 91.8 Å². The summed E-state index contributed by atoms with van der Waals surface area (Å²) in [4.78, 5) is 12.9. The van der Waals surface area contributed by atoms with Gasteiger partial charge in [0.2, 0.25) is 0 Å². The van der Waals surface area contributed by atoms with Crippen LogP contribution in [0.25, 0.3) is 22.3 Å². The van der Waals surface area contributed by atoms with Crippen LogP contribution in [-0.2, 0) is 4.74 Å². The van der Waals surface area contributed by atoms with Crippen molar-refractivity contribution in [3.63, 3.8) is 0 Å². The van der Waals surface area contributed by atoms with Gasteiger partial charge in [0.15, 0.2) is 0 Å². The van der Waals surface area contributed by atoms with Crippen molar-refractivity contribution in [3.8, 4) is 22.3 Å². The Morgan fingerprint density at radius 2 is 1.55 bits per heavy atom. The van der Waals surface area contributed by atoms with Crippen molar-refractivity contribution < 1.29 is 9.53 Å². The van der Waals surface area contributed by atoms with Crippen LogP contribution in [0, 0.1) is 13.8 Å². The minimum absolute atomic E-state index is 0.310. The quantitative estimate of drug-likeness (QED) is 0.266. The molecule has 0 saturated heterocycles. The first-order valence-corrected chi connectivity index (χ1v) is 11.8. The van der Waals surface area contributed by atoms with E-state index in [1.165, 1.54) is 7.11 Å². The van der Waals surface area contributed by atoms with Crippen molar-refractivity contribution >= 4 is 17.3 Å². The van der Waals surface area contributed by atoms with Gasteiger partial charge < -0.3 is 15.4 Å². The normalized spacial score (nSPS) is 10.9. The van der Waals surface area contributed by atoms with Crippen molar-refractivity contribution in [2.45, 2.75) is 53.5 Å². The number of methoxy groups -OCH3 is 1. The first-order chi connectivity index (χ1) is 15.8. The molecule has 0 saturated carbocycles. The summed E-state index contributed by atoms with van der Waals surface area (Å²) in [6.45, 7) is 11.5. The summed E-state index contributed by atoms with van der Waals surface area (Å²) in [5, 5.41) is 6.87. The zero-order valence-corrected chi connectivity index (χ0v) is 20.7. The highest BCUT2D eigenvalue weighted by molar-refractivity contribution is 6.02. The van der Waals surface area contributed by atoms with Gasteiger partial charge in [-0.1, -0.05) is 43.7 Å². The number of unbranched alkanes of at least 4 members (excludes halogenated alkanes) is 1. The van der Waals surface area contributed by atoms with Gasteiger partial charge >= 0.3 is 5.97 Å². The fraction of sp³-hybridized carbons (Fsp3) is 0.345. The number of carbonyl (C=O) groups is 1. The lowest BCUT2D eigenvalue weighted by molar-refractivity contribution is 0.0601. The summed E-state index contributed by atoms with van der Waals surface area (Å²) in [5.74, 6) is -0.310. The van der Waals surface area contributed by atoms with E-state index in [-0.39, 0.29) is 5.97 Å². The molecule has 174 valence electrons. The fourth-order valence-corrected chi connectivity index (χ4v) is 4.19. The number of benzene rings is 3. The van der Waals surface area contributed by atoms with Gasteiger partial charge in [-0.15, -0.1) is 0 Å². The average molecular weight is 445 g/mol. The van der Waals surface area contributed by atoms with Gasteiger partial charge in [-0.3, -0.25) is 0 Å². The monoisotopic (exact) mass is 444 g/mol.